The molecule has 2 aliphatic rings. The number of nitrogens with one attached hydrogen (secondary N) is 2. The maximum absolute atomic E-state index is 11.5. The van der Waals surface area contributed by atoms with Crippen LogP contribution in [0.3, 0.4) is 0 Å². The number of fused-ring (bicyclic) bond motifs is 1. The molecule has 2 N–H and O–H groups in total. The predicted octanol–water partition coefficient (Wildman–Crippen LogP) is 3.29. The second-order valence-corrected chi connectivity index (χ2v) is 7.47. The molecule has 2 aliphatic heterocycles. The van der Waals surface area contributed by atoms with Gasteiger partial charge in [-0.05, 0) is 50.6 Å². The lowest BCUT2D eigenvalue weighted by molar-refractivity contribution is -0.120. The number of piperidine rings is 1. The molecule has 0 atom stereocenters. The Balaban J connectivity index is 0.00000102. The summed E-state index contributed by atoms with van der Waals surface area (Å²) in [5.41, 5.74) is 3.89. The van der Waals surface area contributed by atoms with Crippen LogP contribution in [0, 0.1) is 6.92 Å². The Kier molecular flexibility index (Phi) is 6.91. The Morgan fingerprint density at radius 2 is 1.89 bits per heavy atom. The molecule has 0 saturated carbocycles. The van der Waals surface area contributed by atoms with Gasteiger partial charge in [0, 0.05) is 55.2 Å². The van der Waals surface area contributed by atoms with E-state index < -0.39 is 0 Å². The Labute approximate surface area is 163 Å². The molecular formula is C22H34N4O. The number of aryl methyl sites for hydroxylation is 1. The van der Waals surface area contributed by atoms with Gasteiger partial charge in [-0.3, -0.25) is 14.6 Å². The molecule has 0 radical (unpaired) electrons. The van der Waals surface area contributed by atoms with Crippen LogP contribution in [0.4, 0.5) is 0 Å². The van der Waals surface area contributed by atoms with E-state index in [1.165, 1.54) is 35.0 Å². The van der Waals surface area contributed by atoms with Gasteiger partial charge in [-0.2, -0.15) is 0 Å². The summed E-state index contributed by atoms with van der Waals surface area (Å²) in [6.45, 7) is 12.1. The summed E-state index contributed by atoms with van der Waals surface area (Å²) >= 11 is 0. The first kappa shape index (κ1) is 19.9. The van der Waals surface area contributed by atoms with Gasteiger partial charge in [-0.25, -0.2) is 0 Å². The van der Waals surface area contributed by atoms with Gasteiger partial charge >= 0.3 is 0 Å². The van der Waals surface area contributed by atoms with E-state index in [0.29, 0.717) is 12.5 Å². The fourth-order valence-electron chi connectivity index (χ4n) is 4.33. The number of nitrogens with zero attached hydrogens (tertiary/aromatic N) is 2. The van der Waals surface area contributed by atoms with Gasteiger partial charge in [0.2, 0.25) is 5.91 Å². The SMILES string of the molecule is CC.Cc1cc2c(CN3CCC(N4CCNC(=O)CC4)CC3)cccc2[nH]1. The third-order valence-electron chi connectivity index (χ3n) is 5.70. The number of likely N-dealkylation sites (tertiary alicyclic amines) is 1. The van der Waals surface area contributed by atoms with Gasteiger partial charge in [0.05, 0.1) is 0 Å². The van der Waals surface area contributed by atoms with Crippen molar-refractivity contribution in [3.8, 4) is 0 Å². The van der Waals surface area contributed by atoms with Crippen LogP contribution in [0.15, 0.2) is 24.3 Å². The number of aromatic amines is 1. The van der Waals surface area contributed by atoms with Crippen LogP contribution in [-0.4, -0.2) is 59.5 Å². The molecule has 0 spiro atoms. The molecule has 27 heavy (non-hydrogen) atoms. The Bertz CT molecular complexity index is 746. The molecule has 2 aromatic rings. The minimum absolute atomic E-state index is 0.204. The number of aromatic nitrogens is 1. The third kappa shape index (κ3) is 4.90. The van der Waals surface area contributed by atoms with Crippen LogP contribution in [0.25, 0.3) is 10.9 Å². The number of carbonyl (C=O) groups excluding carboxylic acids is 1. The first-order valence-corrected chi connectivity index (χ1v) is 10.5. The Morgan fingerprint density at radius 3 is 2.67 bits per heavy atom. The smallest absolute Gasteiger partial charge is 0.221 e. The lowest BCUT2D eigenvalue weighted by atomic mass is 10.0. The first-order chi connectivity index (χ1) is 13.2. The van der Waals surface area contributed by atoms with E-state index in [9.17, 15) is 4.79 Å². The number of carbonyl (C=O) groups is 1. The Hall–Kier alpha value is -1.85. The largest absolute Gasteiger partial charge is 0.359 e. The van der Waals surface area contributed by atoms with E-state index in [-0.39, 0.29) is 5.91 Å². The zero-order valence-corrected chi connectivity index (χ0v) is 17.1. The molecule has 1 amide bonds. The molecule has 2 saturated heterocycles. The molecule has 1 aromatic carbocycles. The number of amides is 1. The minimum atomic E-state index is 0.204. The summed E-state index contributed by atoms with van der Waals surface area (Å²) in [4.78, 5) is 20.1. The maximum atomic E-state index is 11.5. The van der Waals surface area contributed by atoms with Crippen molar-refractivity contribution in [1.29, 1.82) is 0 Å². The normalized spacial score (nSPS) is 20.0. The fourth-order valence-corrected chi connectivity index (χ4v) is 4.33. The van der Waals surface area contributed by atoms with E-state index in [0.717, 1.165) is 39.3 Å². The van der Waals surface area contributed by atoms with Crippen molar-refractivity contribution in [1.82, 2.24) is 20.1 Å². The number of hydrogen-bond acceptors (Lipinski definition) is 3. The lowest BCUT2D eigenvalue weighted by Gasteiger charge is -2.38. The van der Waals surface area contributed by atoms with Crippen LogP contribution < -0.4 is 5.32 Å². The van der Waals surface area contributed by atoms with Gasteiger partial charge in [-0.1, -0.05) is 26.0 Å². The maximum Gasteiger partial charge on any atom is 0.221 e. The van der Waals surface area contributed by atoms with Crippen molar-refractivity contribution in [3.05, 3.63) is 35.5 Å². The van der Waals surface area contributed by atoms with Crippen LogP contribution in [-0.2, 0) is 11.3 Å². The molecular weight excluding hydrogens is 336 g/mol. The van der Waals surface area contributed by atoms with Gasteiger partial charge in [0.1, 0.15) is 0 Å². The van der Waals surface area contributed by atoms with Crippen molar-refractivity contribution < 1.29 is 4.79 Å². The summed E-state index contributed by atoms with van der Waals surface area (Å²) in [5, 5.41) is 4.34. The van der Waals surface area contributed by atoms with Gasteiger partial charge in [-0.15, -0.1) is 0 Å². The molecule has 0 bridgehead atoms. The van der Waals surface area contributed by atoms with E-state index in [4.69, 9.17) is 0 Å². The summed E-state index contributed by atoms with van der Waals surface area (Å²) in [7, 11) is 0. The second-order valence-electron chi connectivity index (χ2n) is 7.47. The molecule has 4 rings (SSSR count). The molecule has 3 heterocycles. The van der Waals surface area contributed by atoms with E-state index >= 15 is 0 Å². The number of hydrogen-bond donors (Lipinski definition) is 2. The summed E-state index contributed by atoms with van der Waals surface area (Å²) in [5.74, 6) is 0.204. The molecule has 2 fully saturated rings. The van der Waals surface area contributed by atoms with E-state index in [1.807, 2.05) is 13.8 Å². The molecule has 0 unspecified atom stereocenters. The quantitative estimate of drug-likeness (QED) is 0.872. The van der Waals surface area contributed by atoms with Crippen LogP contribution in [0.5, 0.6) is 0 Å². The Morgan fingerprint density at radius 1 is 1.11 bits per heavy atom. The number of rotatable bonds is 3. The summed E-state index contributed by atoms with van der Waals surface area (Å²) in [6, 6.07) is 9.47. The van der Waals surface area contributed by atoms with Crippen molar-refractivity contribution in [3.63, 3.8) is 0 Å². The summed E-state index contributed by atoms with van der Waals surface area (Å²) < 4.78 is 0. The van der Waals surface area contributed by atoms with E-state index in [2.05, 4.69) is 51.3 Å². The molecule has 5 heteroatoms. The van der Waals surface area contributed by atoms with Gasteiger partial charge in [0.25, 0.3) is 0 Å². The van der Waals surface area contributed by atoms with Crippen molar-refractivity contribution in [2.24, 2.45) is 0 Å². The monoisotopic (exact) mass is 370 g/mol. The zero-order chi connectivity index (χ0) is 19.2. The number of benzene rings is 1. The minimum Gasteiger partial charge on any atom is -0.359 e. The predicted molar refractivity (Wildman–Crippen MR) is 112 cm³/mol. The van der Waals surface area contributed by atoms with Crippen molar-refractivity contribution in [2.75, 3.05) is 32.7 Å². The highest BCUT2D eigenvalue weighted by Crippen LogP contribution is 2.24. The summed E-state index contributed by atoms with van der Waals surface area (Å²) in [6.07, 6.45) is 3.06. The average Bonchev–Trinajstić information content (AvgIpc) is 2.94. The zero-order valence-electron chi connectivity index (χ0n) is 17.1. The van der Waals surface area contributed by atoms with Crippen molar-refractivity contribution >= 4 is 16.8 Å². The second kappa shape index (κ2) is 9.38. The topological polar surface area (TPSA) is 51.4 Å². The first-order valence-electron chi connectivity index (χ1n) is 10.5. The molecule has 148 valence electrons. The third-order valence-corrected chi connectivity index (χ3v) is 5.70. The highest BCUT2D eigenvalue weighted by atomic mass is 16.1. The number of H-pyrrole nitrogens is 1. The standard InChI is InChI=1S/C20H28N4O.C2H6/c1-15-13-18-16(3-2-4-19(18)22-15)14-23-9-5-17(6-10-23)24-11-7-20(25)21-8-12-24;1-2/h2-4,13,17,22H,5-12,14H2,1H3,(H,21,25);1-2H3. The molecule has 0 aliphatic carbocycles. The average molecular weight is 371 g/mol. The van der Waals surface area contributed by atoms with Crippen LogP contribution in [0.2, 0.25) is 0 Å². The fraction of sp³-hybridized carbons (Fsp3) is 0.591. The van der Waals surface area contributed by atoms with Gasteiger partial charge < -0.3 is 10.3 Å². The molecule has 1 aromatic heterocycles. The lowest BCUT2D eigenvalue weighted by Crippen LogP contribution is -2.45. The molecule has 5 nitrogen and oxygen atoms in total. The van der Waals surface area contributed by atoms with Crippen LogP contribution >= 0.6 is 0 Å². The van der Waals surface area contributed by atoms with Crippen molar-refractivity contribution in [2.45, 2.75) is 52.6 Å². The van der Waals surface area contributed by atoms with E-state index in [1.54, 1.807) is 0 Å². The highest BCUT2D eigenvalue weighted by Gasteiger charge is 2.26. The highest BCUT2D eigenvalue weighted by molar-refractivity contribution is 5.83. The van der Waals surface area contributed by atoms with Gasteiger partial charge in [0.15, 0.2) is 0 Å². The van der Waals surface area contributed by atoms with Crippen LogP contribution in [0.1, 0.15) is 44.4 Å².